The van der Waals surface area contributed by atoms with Gasteiger partial charge in [0, 0.05) is 6.42 Å². The minimum atomic E-state index is -1.02. The molecule has 0 heterocycles. The van der Waals surface area contributed by atoms with Crippen LogP contribution in [0.3, 0.4) is 0 Å². The largest absolute Gasteiger partial charge is 0.300 e. The first-order valence-corrected chi connectivity index (χ1v) is 4.37. The lowest BCUT2D eigenvalue weighted by Gasteiger charge is -2.10. The van der Waals surface area contributed by atoms with Crippen LogP contribution in [0.5, 0.6) is 0 Å². The number of alkyl halides is 2. The average Bonchev–Trinajstić information content (AvgIpc) is 1.59. The van der Waals surface area contributed by atoms with Crippen molar-refractivity contribution < 1.29 is 0 Å². The van der Waals surface area contributed by atoms with Crippen molar-refractivity contribution in [2.24, 2.45) is 5.73 Å². The van der Waals surface area contributed by atoms with E-state index in [4.69, 9.17) is 28.9 Å². The molecule has 0 aliphatic heterocycles. The Morgan fingerprint density at radius 2 is 2.12 bits per heavy atom. The van der Waals surface area contributed by atoms with E-state index in [1.54, 1.807) is 11.8 Å². The van der Waals surface area contributed by atoms with Crippen molar-refractivity contribution in [3.05, 3.63) is 0 Å². The van der Waals surface area contributed by atoms with Crippen LogP contribution in [0.1, 0.15) is 6.42 Å². The molecule has 0 amide bonds. The molecule has 0 unspecified atom stereocenters. The van der Waals surface area contributed by atoms with Crippen molar-refractivity contribution in [2.75, 3.05) is 12.0 Å². The van der Waals surface area contributed by atoms with Crippen LogP contribution in [0.2, 0.25) is 0 Å². The van der Waals surface area contributed by atoms with Gasteiger partial charge in [0.2, 0.25) is 0 Å². The zero-order chi connectivity index (χ0) is 6.62. The molecule has 0 aliphatic carbocycles. The van der Waals surface area contributed by atoms with Gasteiger partial charge in [-0.1, -0.05) is 23.2 Å². The summed E-state index contributed by atoms with van der Waals surface area (Å²) in [7, 11) is 0. The van der Waals surface area contributed by atoms with Gasteiger partial charge in [0.1, 0.15) is 0 Å². The molecule has 0 bridgehead atoms. The highest BCUT2D eigenvalue weighted by Gasteiger charge is 2.14. The van der Waals surface area contributed by atoms with Gasteiger partial charge in [0.25, 0.3) is 0 Å². The smallest absolute Gasteiger partial charge is 0.167 e. The van der Waals surface area contributed by atoms with Crippen LogP contribution in [0.15, 0.2) is 0 Å². The Hall–Kier alpha value is 0.890. The monoisotopic (exact) mass is 173 g/mol. The van der Waals surface area contributed by atoms with Crippen LogP contribution < -0.4 is 5.73 Å². The minimum absolute atomic E-state index is 0.636. The number of nitrogens with two attached hydrogens (primary N) is 1. The third-order valence-electron chi connectivity index (χ3n) is 0.640. The number of thioether (sulfide) groups is 1. The van der Waals surface area contributed by atoms with E-state index in [1.165, 1.54) is 0 Å². The summed E-state index contributed by atoms with van der Waals surface area (Å²) in [6.45, 7) is 0. The molecule has 0 saturated carbocycles. The van der Waals surface area contributed by atoms with E-state index in [-0.39, 0.29) is 0 Å². The number of rotatable bonds is 3. The fourth-order valence-electron chi connectivity index (χ4n) is 0.238. The molecule has 8 heavy (non-hydrogen) atoms. The minimum Gasteiger partial charge on any atom is -0.300 e. The van der Waals surface area contributed by atoms with Gasteiger partial charge in [-0.3, -0.25) is 0 Å². The fourth-order valence-corrected chi connectivity index (χ4v) is 1.18. The molecule has 0 aromatic carbocycles. The van der Waals surface area contributed by atoms with Gasteiger partial charge in [-0.25, -0.2) is 0 Å². The Kier molecular flexibility index (Phi) is 4.26. The predicted octanol–water partition coefficient (Wildman–Crippen LogP) is 1.83. The Balaban J connectivity index is 3.11. The maximum absolute atomic E-state index is 5.44. The third kappa shape index (κ3) is 6.89. The molecule has 1 nitrogen and oxygen atoms in total. The highest BCUT2D eigenvalue weighted by molar-refractivity contribution is 7.98. The van der Waals surface area contributed by atoms with Gasteiger partial charge >= 0.3 is 0 Å². The second kappa shape index (κ2) is 3.83. The van der Waals surface area contributed by atoms with E-state index in [2.05, 4.69) is 0 Å². The van der Waals surface area contributed by atoms with Crippen LogP contribution in [0.4, 0.5) is 0 Å². The van der Waals surface area contributed by atoms with Crippen LogP contribution in [0, 0.1) is 0 Å². The van der Waals surface area contributed by atoms with Gasteiger partial charge in [0.05, 0.1) is 0 Å². The fraction of sp³-hybridized carbons (Fsp3) is 1.00. The summed E-state index contributed by atoms with van der Waals surface area (Å²) in [6, 6.07) is 0. The van der Waals surface area contributed by atoms with Crippen molar-refractivity contribution in [3.8, 4) is 0 Å². The van der Waals surface area contributed by atoms with E-state index >= 15 is 0 Å². The number of halogens is 2. The first kappa shape index (κ1) is 8.89. The maximum Gasteiger partial charge on any atom is 0.167 e. The standard InChI is InChI=1S/C4H9Cl2NS/c1-8-3-2-4(5,6)7/h2-3,7H2,1H3. The lowest BCUT2D eigenvalue weighted by molar-refractivity contribution is 0.792. The first-order valence-electron chi connectivity index (χ1n) is 2.22. The van der Waals surface area contributed by atoms with Crippen molar-refractivity contribution in [2.45, 2.75) is 10.9 Å². The lowest BCUT2D eigenvalue weighted by atomic mass is 10.5. The van der Waals surface area contributed by atoms with E-state index < -0.39 is 4.46 Å². The first-order chi connectivity index (χ1) is 3.56. The Morgan fingerprint density at radius 3 is 2.25 bits per heavy atom. The highest BCUT2D eigenvalue weighted by atomic mass is 35.5. The second-order valence-electron chi connectivity index (χ2n) is 1.50. The molecule has 0 radical (unpaired) electrons. The summed E-state index contributed by atoms with van der Waals surface area (Å²) in [6.07, 6.45) is 2.62. The molecular weight excluding hydrogens is 165 g/mol. The van der Waals surface area contributed by atoms with E-state index in [9.17, 15) is 0 Å². The number of hydrogen-bond acceptors (Lipinski definition) is 2. The number of hydrogen-bond donors (Lipinski definition) is 1. The van der Waals surface area contributed by atoms with Gasteiger partial charge in [-0.05, 0) is 12.0 Å². The summed E-state index contributed by atoms with van der Waals surface area (Å²) in [4.78, 5) is 0. The van der Waals surface area contributed by atoms with Crippen LogP contribution in [-0.2, 0) is 0 Å². The topological polar surface area (TPSA) is 26.0 Å². The molecule has 0 spiro atoms. The van der Waals surface area contributed by atoms with Crippen molar-refractivity contribution in [1.82, 2.24) is 0 Å². The summed E-state index contributed by atoms with van der Waals surface area (Å²) in [5.74, 6) is 0.906. The third-order valence-corrected chi connectivity index (χ3v) is 1.63. The van der Waals surface area contributed by atoms with Crippen LogP contribution in [0.25, 0.3) is 0 Å². The molecule has 0 saturated heterocycles. The Labute approximate surface area is 63.9 Å². The SMILES string of the molecule is CSCCC(N)(Cl)Cl. The molecule has 0 atom stereocenters. The van der Waals surface area contributed by atoms with E-state index in [0.29, 0.717) is 6.42 Å². The molecule has 0 aromatic heterocycles. The molecule has 50 valence electrons. The normalized spacial score (nSPS) is 12.0. The Bertz CT molecular complexity index is 61.5. The molecule has 2 N–H and O–H groups in total. The quantitative estimate of drug-likeness (QED) is 0.521. The summed E-state index contributed by atoms with van der Waals surface area (Å²) in [5, 5.41) is 0. The van der Waals surface area contributed by atoms with Gasteiger partial charge < -0.3 is 5.73 Å². The predicted molar refractivity (Wildman–Crippen MR) is 41.6 cm³/mol. The van der Waals surface area contributed by atoms with E-state index in [1.807, 2.05) is 6.26 Å². The summed E-state index contributed by atoms with van der Waals surface area (Å²) >= 11 is 12.6. The highest BCUT2D eigenvalue weighted by Crippen LogP contribution is 2.18. The van der Waals surface area contributed by atoms with Crippen LogP contribution >= 0.6 is 35.0 Å². The molecule has 0 rings (SSSR count). The van der Waals surface area contributed by atoms with Gasteiger partial charge in [0.15, 0.2) is 4.46 Å². The molecule has 0 aliphatic rings. The van der Waals surface area contributed by atoms with Crippen molar-refractivity contribution >= 4 is 35.0 Å². The van der Waals surface area contributed by atoms with Gasteiger partial charge in [-0.2, -0.15) is 11.8 Å². The zero-order valence-corrected chi connectivity index (χ0v) is 6.98. The van der Waals surface area contributed by atoms with Crippen LogP contribution in [-0.4, -0.2) is 16.5 Å². The molecule has 0 aromatic rings. The Morgan fingerprint density at radius 1 is 1.62 bits per heavy atom. The van der Waals surface area contributed by atoms with Gasteiger partial charge in [-0.15, -0.1) is 0 Å². The maximum atomic E-state index is 5.44. The van der Waals surface area contributed by atoms with E-state index in [0.717, 1.165) is 5.75 Å². The average molecular weight is 174 g/mol. The summed E-state index contributed by atoms with van der Waals surface area (Å²) < 4.78 is -1.02. The molecular formula is C4H9Cl2NS. The second-order valence-corrected chi connectivity index (χ2v) is 4.03. The van der Waals surface area contributed by atoms with Crippen molar-refractivity contribution in [1.29, 1.82) is 0 Å². The van der Waals surface area contributed by atoms with Crippen molar-refractivity contribution in [3.63, 3.8) is 0 Å². The molecule has 0 fully saturated rings. The zero-order valence-electron chi connectivity index (χ0n) is 4.66. The summed E-state index contributed by atoms with van der Waals surface area (Å²) in [5.41, 5.74) is 5.24. The lowest BCUT2D eigenvalue weighted by Crippen LogP contribution is -2.25. The molecule has 4 heteroatoms.